The van der Waals surface area contributed by atoms with E-state index in [-0.39, 0.29) is 0 Å². The van der Waals surface area contributed by atoms with E-state index in [0.717, 1.165) is 12.8 Å². The molecule has 0 radical (unpaired) electrons. The van der Waals surface area contributed by atoms with Crippen LogP contribution in [0.5, 0.6) is 0 Å². The third-order valence-corrected chi connectivity index (χ3v) is 1.75. The molecule has 0 aromatic heterocycles. The van der Waals surface area contributed by atoms with Crippen molar-refractivity contribution < 1.29 is 19.1 Å². The highest BCUT2D eigenvalue weighted by atomic mass is 16.6. The second kappa shape index (κ2) is 4.23. The Morgan fingerprint density at radius 1 is 1.46 bits per heavy atom. The standard InChI is InChI=1S/C8H13NO4/c1-2-3-4-12-8(11)6-5(13-6)7(9)10/h5-6H,2-4H2,1H3,(H2,9,10). The molecule has 5 nitrogen and oxygen atoms in total. The quantitative estimate of drug-likeness (QED) is 0.360. The molecule has 0 spiro atoms. The summed E-state index contributed by atoms with van der Waals surface area (Å²) in [4.78, 5) is 21.5. The molecule has 1 fully saturated rings. The summed E-state index contributed by atoms with van der Waals surface area (Å²) in [5.41, 5.74) is 4.91. The second-order valence-corrected chi connectivity index (χ2v) is 2.90. The minimum absolute atomic E-state index is 0.376. The summed E-state index contributed by atoms with van der Waals surface area (Å²) < 4.78 is 9.54. The Kier molecular flexibility index (Phi) is 3.25. The maximum Gasteiger partial charge on any atom is 0.338 e. The number of rotatable bonds is 5. The predicted molar refractivity (Wildman–Crippen MR) is 43.7 cm³/mol. The van der Waals surface area contributed by atoms with Gasteiger partial charge in [0.05, 0.1) is 6.61 Å². The number of hydrogen-bond acceptors (Lipinski definition) is 4. The molecular formula is C8H13NO4. The van der Waals surface area contributed by atoms with Crippen LogP contribution in [0.3, 0.4) is 0 Å². The Bertz CT molecular complexity index is 216. The molecule has 1 heterocycles. The predicted octanol–water partition coefficient (Wildman–Crippen LogP) is -0.418. The van der Waals surface area contributed by atoms with E-state index in [2.05, 4.69) is 0 Å². The van der Waals surface area contributed by atoms with Gasteiger partial charge in [0.25, 0.3) is 0 Å². The van der Waals surface area contributed by atoms with Gasteiger partial charge in [0, 0.05) is 0 Å². The first-order valence-electron chi connectivity index (χ1n) is 4.28. The van der Waals surface area contributed by atoms with Crippen molar-refractivity contribution in [3.63, 3.8) is 0 Å². The van der Waals surface area contributed by atoms with Gasteiger partial charge in [-0.15, -0.1) is 0 Å². The van der Waals surface area contributed by atoms with E-state index in [1.807, 2.05) is 6.92 Å². The summed E-state index contributed by atoms with van der Waals surface area (Å²) in [5, 5.41) is 0. The molecule has 2 unspecified atom stereocenters. The molecular weight excluding hydrogens is 174 g/mol. The molecule has 74 valence electrons. The highest BCUT2D eigenvalue weighted by molar-refractivity contribution is 5.91. The number of unbranched alkanes of at least 4 members (excludes halogenated alkanes) is 1. The Morgan fingerprint density at radius 2 is 2.15 bits per heavy atom. The number of hydrogen-bond donors (Lipinski definition) is 1. The van der Waals surface area contributed by atoms with E-state index in [1.165, 1.54) is 0 Å². The van der Waals surface area contributed by atoms with Crippen LogP contribution in [-0.4, -0.2) is 30.7 Å². The van der Waals surface area contributed by atoms with E-state index in [0.29, 0.717) is 6.61 Å². The van der Waals surface area contributed by atoms with Gasteiger partial charge in [-0.05, 0) is 6.42 Å². The third kappa shape index (κ3) is 2.69. The maximum atomic E-state index is 11.0. The summed E-state index contributed by atoms with van der Waals surface area (Å²) in [6.45, 7) is 2.37. The minimum atomic E-state index is -0.769. The molecule has 1 aliphatic rings. The van der Waals surface area contributed by atoms with Gasteiger partial charge >= 0.3 is 5.97 Å². The summed E-state index contributed by atoms with van der Waals surface area (Å²) in [7, 11) is 0. The van der Waals surface area contributed by atoms with Crippen molar-refractivity contribution in [2.45, 2.75) is 32.0 Å². The van der Waals surface area contributed by atoms with Crippen LogP contribution in [0, 0.1) is 0 Å². The Labute approximate surface area is 76.2 Å². The molecule has 2 N–H and O–H groups in total. The van der Waals surface area contributed by atoms with Crippen LogP contribution in [0.25, 0.3) is 0 Å². The monoisotopic (exact) mass is 187 g/mol. The highest BCUT2D eigenvalue weighted by Gasteiger charge is 2.50. The lowest BCUT2D eigenvalue weighted by molar-refractivity contribution is -0.145. The third-order valence-electron chi connectivity index (χ3n) is 1.75. The van der Waals surface area contributed by atoms with Crippen LogP contribution < -0.4 is 5.73 Å². The van der Waals surface area contributed by atoms with E-state index in [9.17, 15) is 9.59 Å². The van der Waals surface area contributed by atoms with Crippen molar-refractivity contribution in [2.75, 3.05) is 6.61 Å². The van der Waals surface area contributed by atoms with E-state index in [4.69, 9.17) is 15.2 Å². The molecule has 1 amide bonds. The fourth-order valence-corrected chi connectivity index (χ4v) is 0.907. The number of epoxide rings is 1. The van der Waals surface area contributed by atoms with Crippen molar-refractivity contribution in [1.82, 2.24) is 0 Å². The van der Waals surface area contributed by atoms with Crippen LogP contribution in [-0.2, 0) is 19.1 Å². The van der Waals surface area contributed by atoms with Gasteiger partial charge in [0.2, 0.25) is 5.91 Å². The van der Waals surface area contributed by atoms with Crippen LogP contribution in [0.15, 0.2) is 0 Å². The first-order chi connectivity index (χ1) is 6.16. The normalized spacial score (nSPS) is 25.3. The number of nitrogens with two attached hydrogens (primary N) is 1. The highest BCUT2D eigenvalue weighted by Crippen LogP contribution is 2.22. The topological polar surface area (TPSA) is 81.9 Å². The van der Waals surface area contributed by atoms with E-state index < -0.39 is 24.1 Å². The average molecular weight is 187 g/mol. The van der Waals surface area contributed by atoms with Crippen LogP contribution in [0.4, 0.5) is 0 Å². The van der Waals surface area contributed by atoms with E-state index >= 15 is 0 Å². The zero-order chi connectivity index (χ0) is 9.84. The number of primary amides is 1. The van der Waals surface area contributed by atoms with E-state index in [1.54, 1.807) is 0 Å². The lowest BCUT2D eigenvalue weighted by atomic mass is 10.3. The number of ether oxygens (including phenoxy) is 2. The van der Waals surface area contributed by atoms with Gasteiger partial charge in [0.15, 0.2) is 12.2 Å². The van der Waals surface area contributed by atoms with Gasteiger partial charge in [-0.25, -0.2) is 4.79 Å². The molecule has 0 aliphatic carbocycles. The van der Waals surface area contributed by atoms with Crippen molar-refractivity contribution in [1.29, 1.82) is 0 Å². The summed E-state index contributed by atoms with van der Waals surface area (Å²) in [6.07, 6.45) is 0.251. The SMILES string of the molecule is CCCCOC(=O)C1OC1C(N)=O. The van der Waals surface area contributed by atoms with Gasteiger partial charge in [0.1, 0.15) is 0 Å². The fraction of sp³-hybridized carbons (Fsp3) is 0.750. The van der Waals surface area contributed by atoms with Crippen LogP contribution in [0.1, 0.15) is 19.8 Å². The lowest BCUT2D eigenvalue weighted by Crippen LogP contribution is -2.24. The van der Waals surface area contributed by atoms with Gasteiger partial charge in [-0.3, -0.25) is 4.79 Å². The molecule has 0 bridgehead atoms. The fourth-order valence-electron chi connectivity index (χ4n) is 0.907. The van der Waals surface area contributed by atoms with Gasteiger partial charge in [-0.1, -0.05) is 13.3 Å². The van der Waals surface area contributed by atoms with Gasteiger partial charge < -0.3 is 15.2 Å². The first-order valence-corrected chi connectivity index (χ1v) is 4.28. The number of amides is 1. The summed E-state index contributed by atoms with van der Waals surface area (Å²) in [5.74, 6) is -1.10. The molecule has 0 saturated carbocycles. The van der Waals surface area contributed by atoms with Crippen molar-refractivity contribution in [3.8, 4) is 0 Å². The summed E-state index contributed by atoms with van der Waals surface area (Å²) in [6, 6.07) is 0. The molecule has 0 aromatic rings. The minimum Gasteiger partial charge on any atom is -0.464 e. The molecule has 13 heavy (non-hydrogen) atoms. The van der Waals surface area contributed by atoms with Crippen molar-refractivity contribution in [3.05, 3.63) is 0 Å². The van der Waals surface area contributed by atoms with Crippen LogP contribution >= 0.6 is 0 Å². The molecule has 1 aliphatic heterocycles. The maximum absolute atomic E-state index is 11.0. The number of carbonyl (C=O) groups excluding carboxylic acids is 2. The molecule has 0 aromatic carbocycles. The number of carbonyl (C=O) groups is 2. The first kappa shape index (κ1) is 9.98. The summed E-state index contributed by atoms with van der Waals surface area (Å²) >= 11 is 0. The lowest BCUT2D eigenvalue weighted by Gasteiger charge is -1.99. The Hall–Kier alpha value is -1.10. The Balaban J connectivity index is 2.16. The zero-order valence-corrected chi connectivity index (χ0v) is 7.49. The zero-order valence-electron chi connectivity index (χ0n) is 7.49. The average Bonchev–Trinajstić information content (AvgIpc) is 2.83. The largest absolute Gasteiger partial charge is 0.464 e. The molecule has 2 atom stereocenters. The van der Waals surface area contributed by atoms with Crippen molar-refractivity contribution >= 4 is 11.9 Å². The molecule has 1 rings (SSSR count). The smallest absolute Gasteiger partial charge is 0.338 e. The van der Waals surface area contributed by atoms with Gasteiger partial charge in [-0.2, -0.15) is 0 Å². The molecule has 1 saturated heterocycles. The number of esters is 1. The van der Waals surface area contributed by atoms with Crippen LogP contribution in [0.2, 0.25) is 0 Å². The second-order valence-electron chi connectivity index (χ2n) is 2.90. The molecule has 5 heteroatoms. The van der Waals surface area contributed by atoms with Crippen molar-refractivity contribution in [2.24, 2.45) is 5.73 Å². The Morgan fingerprint density at radius 3 is 2.62 bits per heavy atom.